The molecule has 5 heteroatoms. The second-order valence-electron chi connectivity index (χ2n) is 4.81. The smallest absolute Gasteiger partial charge is 0.148 e. The van der Waals surface area contributed by atoms with Crippen LogP contribution in [0.5, 0.6) is 0 Å². The molecule has 1 saturated heterocycles. The number of nitrogen functional groups attached to an aromatic ring is 1. The second-order valence-corrected chi connectivity index (χ2v) is 4.81. The van der Waals surface area contributed by atoms with Crippen molar-refractivity contribution in [1.82, 2.24) is 15.1 Å². The number of likely N-dealkylation sites (tertiary alicyclic amines) is 1. The zero-order valence-corrected chi connectivity index (χ0v) is 10.4. The highest BCUT2D eigenvalue weighted by molar-refractivity contribution is 5.38. The lowest BCUT2D eigenvalue weighted by Gasteiger charge is -2.28. The van der Waals surface area contributed by atoms with E-state index in [4.69, 9.17) is 5.73 Å². The van der Waals surface area contributed by atoms with Crippen molar-refractivity contribution in [3.8, 4) is 0 Å². The van der Waals surface area contributed by atoms with Gasteiger partial charge in [0.1, 0.15) is 11.6 Å². The van der Waals surface area contributed by atoms with E-state index >= 15 is 0 Å². The van der Waals surface area contributed by atoms with Crippen molar-refractivity contribution in [1.29, 1.82) is 0 Å². The van der Waals surface area contributed by atoms with Gasteiger partial charge in [-0.1, -0.05) is 0 Å². The minimum Gasteiger partial charge on any atom is -0.382 e. The van der Waals surface area contributed by atoms with Crippen LogP contribution in [0.4, 0.5) is 11.6 Å². The van der Waals surface area contributed by atoms with Gasteiger partial charge in [-0.25, -0.2) is 0 Å². The van der Waals surface area contributed by atoms with Gasteiger partial charge in [0, 0.05) is 6.54 Å². The molecule has 1 fully saturated rings. The van der Waals surface area contributed by atoms with E-state index in [-0.39, 0.29) is 0 Å². The fourth-order valence-electron chi connectivity index (χ4n) is 2.19. The number of piperidine rings is 1. The van der Waals surface area contributed by atoms with E-state index < -0.39 is 0 Å². The van der Waals surface area contributed by atoms with Crippen LogP contribution >= 0.6 is 0 Å². The average molecular weight is 235 g/mol. The second kappa shape index (κ2) is 5.82. The molecule has 1 aromatic heterocycles. The minimum atomic E-state index is 0.464. The molecule has 17 heavy (non-hydrogen) atoms. The Morgan fingerprint density at radius 1 is 1.35 bits per heavy atom. The van der Waals surface area contributed by atoms with Gasteiger partial charge in [-0.15, -0.1) is 10.2 Å². The Hall–Kier alpha value is -1.36. The van der Waals surface area contributed by atoms with Gasteiger partial charge in [0.2, 0.25) is 0 Å². The van der Waals surface area contributed by atoms with Gasteiger partial charge in [-0.05, 0) is 57.5 Å². The van der Waals surface area contributed by atoms with Crippen LogP contribution in [0.15, 0.2) is 12.1 Å². The van der Waals surface area contributed by atoms with Crippen LogP contribution in [0.25, 0.3) is 0 Å². The van der Waals surface area contributed by atoms with Crippen molar-refractivity contribution >= 4 is 11.6 Å². The molecule has 0 atom stereocenters. The Morgan fingerprint density at radius 2 is 2.12 bits per heavy atom. The van der Waals surface area contributed by atoms with Crippen LogP contribution in [-0.2, 0) is 0 Å². The molecule has 1 aliphatic rings. The number of hydrogen-bond acceptors (Lipinski definition) is 5. The Morgan fingerprint density at radius 3 is 2.76 bits per heavy atom. The first-order valence-corrected chi connectivity index (χ1v) is 6.25. The highest BCUT2D eigenvalue weighted by atomic mass is 15.2. The van der Waals surface area contributed by atoms with Crippen molar-refractivity contribution < 1.29 is 0 Å². The summed E-state index contributed by atoms with van der Waals surface area (Å²) in [6.45, 7) is 3.42. The maximum atomic E-state index is 5.48. The van der Waals surface area contributed by atoms with E-state index in [2.05, 4.69) is 27.5 Å². The predicted molar refractivity (Wildman–Crippen MR) is 69.8 cm³/mol. The van der Waals surface area contributed by atoms with E-state index in [1.165, 1.54) is 32.4 Å². The summed E-state index contributed by atoms with van der Waals surface area (Å²) in [5.41, 5.74) is 5.48. The van der Waals surface area contributed by atoms with E-state index in [0.29, 0.717) is 5.82 Å². The van der Waals surface area contributed by atoms with Crippen LogP contribution in [0.1, 0.15) is 19.3 Å². The number of aromatic nitrogens is 2. The predicted octanol–water partition coefficient (Wildman–Crippen LogP) is 1.20. The molecule has 0 saturated carbocycles. The normalized spacial score (nSPS) is 18.2. The lowest BCUT2D eigenvalue weighted by atomic mass is 9.94. The van der Waals surface area contributed by atoms with Crippen molar-refractivity contribution in [2.75, 3.05) is 37.7 Å². The van der Waals surface area contributed by atoms with Crippen molar-refractivity contribution in [2.24, 2.45) is 5.92 Å². The van der Waals surface area contributed by atoms with E-state index in [0.717, 1.165) is 18.3 Å². The number of hydrogen-bond donors (Lipinski definition) is 2. The summed E-state index contributed by atoms with van der Waals surface area (Å²) in [6, 6.07) is 3.64. The summed E-state index contributed by atoms with van der Waals surface area (Å²) in [6.07, 6.45) is 3.83. The van der Waals surface area contributed by atoms with Gasteiger partial charge in [0.05, 0.1) is 0 Å². The van der Waals surface area contributed by atoms with Gasteiger partial charge < -0.3 is 16.0 Å². The molecule has 0 aliphatic carbocycles. The fourth-order valence-corrected chi connectivity index (χ4v) is 2.19. The largest absolute Gasteiger partial charge is 0.382 e. The van der Waals surface area contributed by atoms with Crippen LogP contribution < -0.4 is 11.1 Å². The van der Waals surface area contributed by atoms with Gasteiger partial charge in [-0.3, -0.25) is 0 Å². The number of nitrogens with one attached hydrogen (secondary N) is 1. The van der Waals surface area contributed by atoms with Crippen molar-refractivity contribution in [2.45, 2.75) is 19.3 Å². The first-order chi connectivity index (χ1) is 8.24. The molecule has 2 heterocycles. The molecular formula is C12H21N5. The first-order valence-electron chi connectivity index (χ1n) is 6.25. The standard InChI is InChI=1S/C12H21N5/c1-17-8-5-10(6-9-17)4-7-14-12-3-2-11(13)15-16-12/h2-3,10H,4-9H2,1H3,(H2,13,15)(H,14,16). The Labute approximate surface area is 102 Å². The maximum absolute atomic E-state index is 5.48. The lowest BCUT2D eigenvalue weighted by Crippen LogP contribution is -2.30. The van der Waals surface area contributed by atoms with Crippen LogP contribution in [0.3, 0.4) is 0 Å². The Balaban J connectivity index is 1.67. The lowest BCUT2D eigenvalue weighted by molar-refractivity contribution is 0.215. The number of anilines is 2. The Bertz CT molecular complexity index is 329. The fraction of sp³-hybridized carbons (Fsp3) is 0.667. The summed E-state index contributed by atoms with van der Waals surface area (Å²) in [4.78, 5) is 2.40. The van der Waals surface area contributed by atoms with Gasteiger partial charge in [0.25, 0.3) is 0 Å². The summed E-state index contributed by atoms with van der Waals surface area (Å²) in [5.74, 6) is 2.12. The number of rotatable bonds is 4. The number of nitrogens with zero attached hydrogens (tertiary/aromatic N) is 3. The highest BCUT2D eigenvalue weighted by Crippen LogP contribution is 2.19. The summed E-state index contributed by atoms with van der Waals surface area (Å²) >= 11 is 0. The summed E-state index contributed by atoms with van der Waals surface area (Å²) in [7, 11) is 2.19. The highest BCUT2D eigenvalue weighted by Gasteiger charge is 2.15. The van der Waals surface area contributed by atoms with Crippen LogP contribution in [0.2, 0.25) is 0 Å². The van der Waals surface area contributed by atoms with Crippen LogP contribution in [0, 0.1) is 5.92 Å². The third kappa shape index (κ3) is 3.85. The third-order valence-corrected chi connectivity index (χ3v) is 3.38. The molecule has 0 unspecified atom stereocenters. The summed E-state index contributed by atoms with van der Waals surface area (Å²) in [5, 5.41) is 11.1. The first kappa shape index (κ1) is 12.1. The SMILES string of the molecule is CN1CCC(CCNc2ccc(N)nn2)CC1. The zero-order chi connectivity index (χ0) is 12.1. The molecule has 0 bridgehead atoms. The molecule has 0 radical (unpaired) electrons. The quantitative estimate of drug-likeness (QED) is 0.821. The molecule has 1 aromatic rings. The summed E-state index contributed by atoms with van der Waals surface area (Å²) < 4.78 is 0. The van der Waals surface area contributed by atoms with E-state index in [1.807, 2.05) is 6.07 Å². The molecule has 0 spiro atoms. The van der Waals surface area contributed by atoms with E-state index in [1.54, 1.807) is 6.07 Å². The van der Waals surface area contributed by atoms with Crippen molar-refractivity contribution in [3.63, 3.8) is 0 Å². The monoisotopic (exact) mass is 235 g/mol. The average Bonchev–Trinajstić information content (AvgIpc) is 2.34. The third-order valence-electron chi connectivity index (χ3n) is 3.38. The van der Waals surface area contributed by atoms with E-state index in [9.17, 15) is 0 Å². The molecule has 94 valence electrons. The van der Waals surface area contributed by atoms with Gasteiger partial charge >= 0.3 is 0 Å². The maximum Gasteiger partial charge on any atom is 0.148 e. The Kier molecular flexibility index (Phi) is 4.14. The molecule has 1 aliphatic heterocycles. The van der Waals surface area contributed by atoms with Gasteiger partial charge in [-0.2, -0.15) is 0 Å². The molecule has 3 N–H and O–H groups in total. The molecule has 2 rings (SSSR count). The van der Waals surface area contributed by atoms with Gasteiger partial charge in [0.15, 0.2) is 0 Å². The number of nitrogens with two attached hydrogens (primary N) is 1. The molecule has 0 aromatic carbocycles. The molecular weight excluding hydrogens is 214 g/mol. The van der Waals surface area contributed by atoms with Crippen LogP contribution in [-0.4, -0.2) is 41.8 Å². The molecule has 5 nitrogen and oxygen atoms in total. The zero-order valence-electron chi connectivity index (χ0n) is 10.4. The topological polar surface area (TPSA) is 67.1 Å². The molecule has 0 amide bonds. The minimum absolute atomic E-state index is 0.464. The van der Waals surface area contributed by atoms with Crippen molar-refractivity contribution in [3.05, 3.63) is 12.1 Å².